The first kappa shape index (κ1) is 26.8. The van der Waals surface area contributed by atoms with E-state index in [1.54, 1.807) is 12.1 Å². The lowest BCUT2D eigenvalue weighted by molar-refractivity contribution is -0.132. The van der Waals surface area contributed by atoms with E-state index in [4.69, 9.17) is 19.2 Å². The summed E-state index contributed by atoms with van der Waals surface area (Å²) in [6.07, 6.45) is 1.56. The number of amides is 1. The van der Waals surface area contributed by atoms with Crippen molar-refractivity contribution in [1.29, 1.82) is 0 Å². The van der Waals surface area contributed by atoms with E-state index in [-0.39, 0.29) is 17.4 Å². The van der Waals surface area contributed by atoms with E-state index in [0.717, 1.165) is 22.4 Å². The van der Waals surface area contributed by atoms with Crippen molar-refractivity contribution in [2.24, 2.45) is 0 Å². The molecule has 41 heavy (non-hydrogen) atoms. The van der Waals surface area contributed by atoms with Crippen LogP contribution in [0.15, 0.2) is 66.2 Å². The number of anilines is 1. The fourth-order valence-corrected chi connectivity index (χ4v) is 6.34. The number of hydrogen-bond donors (Lipinski definition) is 1. The monoisotopic (exact) mass is 570 g/mol. The van der Waals surface area contributed by atoms with E-state index in [0.29, 0.717) is 52.9 Å². The van der Waals surface area contributed by atoms with Crippen LogP contribution in [0.3, 0.4) is 0 Å². The van der Waals surface area contributed by atoms with Crippen molar-refractivity contribution in [2.45, 2.75) is 45.8 Å². The van der Waals surface area contributed by atoms with Crippen molar-refractivity contribution >= 4 is 44.1 Å². The van der Waals surface area contributed by atoms with Crippen LogP contribution >= 0.6 is 11.3 Å². The standard InChI is InChI=1S/C32H30N2O6S/c1-4-13-39-22-8-6-7-19(16-22)28-27(29(35)20-9-12-25-21(15-20)14-18(3)40-25)30(36)31(37)34(28)32-33-24-11-10-23(38-5-2)17-26(24)41-32/h6-12,15-18,28,35H,4-5,13-14H2,1-3H3/b29-27+/t18-,28+/m1/s1. The molecule has 1 fully saturated rings. The van der Waals surface area contributed by atoms with Crippen LogP contribution in [0.5, 0.6) is 17.2 Å². The molecule has 3 heterocycles. The van der Waals surface area contributed by atoms with Gasteiger partial charge >= 0.3 is 5.91 Å². The topological polar surface area (TPSA) is 98.2 Å². The van der Waals surface area contributed by atoms with E-state index in [2.05, 4.69) is 0 Å². The largest absolute Gasteiger partial charge is 0.507 e. The van der Waals surface area contributed by atoms with E-state index in [1.165, 1.54) is 16.2 Å². The van der Waals surface area contributed by atoms with Gasteiger partial charge in [-0.05, 0) is 79.9 Å². The van der Waals surface area contributed by atoms with Crippen LogP contribution in [-0.4, -0.2) is 41.1 Å². The number of fused-ring (bicyclic) bond motifs is 2. The molecule has 1 amide bonds. The van der Waals surface area contributed by atoms with Crippen molar-refractivity contribution in [2.75, 3.05) is 18.1 Å². The van der Waals surface area contributed by atoms with Gasteiger partial charge in [0.05, 0.1) is 35.0 Å². The molecule has 1 N–H and O–H groups in total. The Bertz CT molecular complexity index is 1690. The van der Waals surface area contributed by atoms with Crippen LogP contribution in [0.1, 0.15) is 49.9 Å². The molecular formula is C32H30N2O6S. The quantitative estimate of drug-likeness (QED) is 0.148. The molecule has 0 bridgehead atoms. The molecule has 1 saturated heterocycles. The number of rotatable bonds is 8. The molecule has 0 saturated carbocycles. The summed E-state index contributed by atoms with van der Waals surface area (Å²) in [7, 11) is 0. The van der Waals surface area contributed by atoms with Gasteiger partial charge in [-0.1, -0.05) is 30.4 Å². The molecule has 9 heteroatoms. The number of nitrogens with zero attached hydrogens (tertiary/aromatic N) is 2. The first-order valence-electron chi connectivity index (χ1n) is 13.7. The second-order valence-electron chi connectivity index (χ2n) is 10.1. The highest BCUT2D eigenvalue weighted by Gasteiger charge is 2.48. The van der Waals surface area contributed by atoms with Gasteiger partial charge in [0.2, 0.25) is 0 Å². The second kappa shape index (κ2) is 10.9. The normalized spacial score (nSPS) is 19.4. The van der Waals surface area contributed by atoms with Gasteiger partial charge in [-0.2, -0.15) is 0 Å². The maximum absolute atomic E-state index is 13.7. The zero-order valence-corrected chi connectivity index (χ0v) is 23.9. The third-order valence-electron chi connectivity index (χ3n) is 7.13. The average molecular weight is 571 g/mol. The highest BCUT2D eigenvalue weighted by molar-refractivity contribution is 7.22. The number of carbonyl (C=O) groups is 2. The number of aromatic nitrogens is 1. The van der Waals surface area contributed by atoms with Crippen molar-refractivity contribution in [1.82, 2.24) is 4.98 Å². The molecule has 6 rings (SSSR count). The Morgan fingerprint density at radius 2 is 1.90 bits per heavy atom. The fourth-order valence-electron chi connectivity index (χ4n) is 5.32. The molecule has 0 unspecified atom stereocenters. The fraction of sp³-hybridized carbons (Fsp3) is 0.281. The minimum Gasteiger partial charge on any atom is -0.507 e. The first-order chi connectivity index (χ1) is 19.9. The van der Waals surface area contributed by atoms with Crippen molar-refractivity contribution in [3.05, 3.63) is 82.9 Å². The predicted octanol–water partition coefficient (Wildman–Crippen LogP) is 6.43. The molecule has 210 valence electrons. The summed E-state index contributed by atoms with van der Waals surface area (Å²) >= 11 is 1.29. The molecule has 1 aromatic heterocycles. The number of Topliss-reactive ketones (excluding diaryl/α,β-unsaturated/α-hetero) is 1. The molecule has 4 aromatic rings. The number of thiazole rings is 1. The van der Waals surface area contributed by atoms with E-state index in [9.17, 15) is 14.7 Å². The Kier molecular flexibility index (Phi) is 7.13. The average Bonchev–Trinajstić information content (AvgIpc) is 3.63. The number of aliphatic hydroxyl groups excluding tert-OH is 1. The van der Waals surface area contributed by atoms with Gasteiger partial charge in [0.15, 0.2) is 5.13 Å². The summed E-state index contributed by atoms with van der Waals surface area (Å²) < 4.78 is 18.1. The zero-order valence-electron chi connectivity index (χ0n) is 23.0. The number of hydrogen-bond acceptors (Lipinski definition) is 8. The summed E-state index contributed by atoms with van der Waals surface area (Å²) in [5.74, 6) is 0.310. The lowest BCUT2D eigenvalue weighted by Crippen LogP contribution is -2.29. The highest BCUT2D eigenvalue weighted by atomic mass is 32.1. The summed E-state index contributed by atoms with van der Waals surface area (Å²) in [6.45, 7) is 6.96. The molecule has 0 aliphatic carbocycles. The molecule has 2 atom stereocenters. The second-order valence-corrected chi connectivity index (χ2v) is 11.1. The number of ketones is 1. The minimum atomic E-state index is -0.907. The molecule has 0 radical (unpaired) electrons. The summed E-state index contributed by atoms with van der Waals surface area (Å²) in [5.41, 5.74) is 2.71. The summed E-state index contributed by atoms with van der Waals surface area (Å²) in [6, 6.07) is 17.3. The van der Waals surface area contributed by atoms with Crippen LogP contribution in [0.25, 0.3) is 16.0 Å². The summed E-state index contributed by atoms with van der Waals surface area (Å²) in [4.78, 5) is 33.5. The van der Waals surface area contributed by atoms with Gasteiger partial charge in [-0.3, -0.25) is 14.5 Å². The third kappa shape index (κ3) is 4.91. The van der Waals surface area contributed by atoms with Crippen LogP contribution in [-0.2, 0) is 16.0 Å². The molecule has 8 nitrogen and oxygen atoms in total. The third-order valence-corrected chi connectivity index (χ3v) is 8.14. The highest BCUT2D eigenvalue weighted by Crippen LogP contribution is 2.45. The summed E-state index contributed by atoms with van der Waals surface area (Å²) in [5, 5.41) is 12.0. The molecule has 2 aliphatic rings. The number of carbonyl (C=O) groups excluding carboxylic acids is 2. The van der Waals surface area contributed by atoms with Crippen LogP contribution in [0.4, 0.5) is 5.13 Å². The van der Waals surface area contributed by atoms with Gasteiger partial charge in [0.25, 0.3) is 5.78 Å². The van der Waals surface area contributed by atoms with Crippen LogP contribution in [0.2, 0.25) is 0 Å². The Morgan fingerprint density at radius 3 is 2.71 bits per heavy atom. The lowest BCUT2D eigenvalue weighted by atomic mass is 9.94. The SMILES string of the molecule is CCCOc1cccc([C@H]2/C(=C(\O)c3ccc4c(c3)C[C@@H](C)O4)C(=O)C(=O)N2c2nc3ccc(OCC)cc3s2)c1. The van der Waals surface area contributed by atoms with Crippen molar-refractivity contribution < 1.29 is 28.9 Å². The number of aliphatic hydroxyl groups is 1. The smallest absolute Gasteiger partial charge is 0.301 e. The number of ether oxygens (including phenoxy) is 3. The maximum Gasteiger partial charge on any atom is 0.301 e. The number of benzene rings is 3. The van der Waals surface area contributed by atoms with Gasteiger partial charge in [-0.25, -0.2) is 4.98 Å². The lowest BCUT2D eigenvalue weighted by Gasteiger charge is -2.23. The molecule has 2 aliphatic heterocycles. The van der Waals surface area contributed by atoms with Crippen molar-refractivity contribution in [3.63, 3.8) is 0 Å². The Hall–Kier alpha value is -4.37. The minimum absolute atomic E-state index is 0.00353. The zero-order chi connectivity index (χ0) is 28.7. The molecule has 0 spiro atoms. The van der Waals surface area contributed by atoms with E-state index >= 15 is 0 Å². The Labute approximate surface area is 241 Å². The maximum atomic E-state index is 13.7. The van der Waals surface area contributed by atoms with E-state index in [1.807, 2.05) is 69.3 Å². The first-order valence-corrected chi connectivity index (χ1v) is 14.6. The Balaban J connectivity index is 1.50. The van der Waals surface area contributed by atoms with E-state index < -0.39 is 17.7 Å². The van der Waals surface area contributed by atoms with Gasteiger partial charge in [0, 0.05) is 12.0 Å². The van der Waals surface area contributed by atoms with Crippen LogP contribution in [0, 0.1) is 0 Å². The predicted molar refractivity (Wildman–Crippen MR) is 158 cm³/mol. The van der Waals surface area contributed by atoms with Crippen LogP contribution < -0.4 is 19.1 Å². The van der Waals surface area contributed by atoms with Gasteiger partial charge in [-0.15, -0.1) is 0 Å². The van der Waals surface area contributed by atoms with Gasteiger partial charge < -0.3 is 19.3 Å². The van der Waals surface area contributed by atoms with Crippen molar-refractivity contribution in [3.8, 4) is 17.2 Å². The molecular weight excluding hydrogens is 540 g/mol. The van der Waals surface area contributed by atoms with Gasteiger partial charge in [0.1, 0.15) is 29.1 Å². The molecule has 3 aromatic carbocycles. The Morgan fingerprint density at radius 1 is 1.07 bits per heavy atom.